The Labute approximate surface area is 208 Å². The fourth-order valence-corrected chi connectivity index (χ4v) is 3.90. The number of fused-ring (bicyclic) bond motifs is 1. The van der Waals surface area contributed by atoms with E-state index < -0.39 is 6.03 Å². The van der Waals surface area contributed by atoms with Crippen LogP contribution in [0.4, 0.5) is 27.5 Å². The molecule has 3 aromatic rings. The van der Waals surface area contributed by atoms with Crippen molar-refractivity contribution in [2.45, 2.75) is 13.8 Å². The van der Waals surface area contributed by atoms with Gasteiger partial charge in [-0.2, -0.15) is 0 Å². The SMILES string of the molecule is CCOc1ccc(NC(=O)N2CC(=O)N(CC(=O)Nc3ccc(C)c(Cl)c3)c3ccccc32)cc1. The summed E-state index contributed by atoms with van der Waals surface area (Å²) in [6.07, 6.45) is 0. The fourth-order valence-electron chi connectivity index (χ4n) is 3.72. The van der Waals surface area contributed by atoms with E-state index in [0.717, 1.165) is 5.56 Å². The second-order valence-corrected chi connectivity index (χ2v) is 8.36. The summed E-state index contributed by atoms with van der Waals surface area (Å²) in [5.74, 6) is -0.0474. The molecule has 1 aliphatic rings. The molecule has 8 nitrogen and oxygen atoms in total. The van der Waals surface area contributed by atoms with Crippen LogP contribution < -0.4 is 25.2 Å². The number of hydrogen-bond acceptors (Lipinski definition) is 4. The molecule has 0 saturated carbocycles. The van der Waals surface area contributed by atoms with E-state index >= 15 is 0 Å². The number of nitrogens with zero attached hydrogens (tertiary/aromatic N) is 2. The molecule has 3 aromatic carbocycles. The standard InChI is InChI=1S/C26H25ClN4O4/c1-3-35-20-12-10-18(11-13-20)29-26(34)31-16-25(33)30(22-6-4-5-7-23(22)31)15-24(32)28-19-9-8-17(2)21(27)14-19/h4-14H,3,15-16H2,1-2H3,(H,28,32)(H,29,34). The lowest BCUT2D eigenvalue weighted by atomic mass is 10.1. The number of aryl methyl sites for hydroxylation is 1. The molecule has 35 heavy (non-hydrogen) atoms. The molecule has 0 saturated heterocycles. The number of ether oxygens (including phenoxy) is 1. The van der Waals surface area contributed by atoms with Gasteiger partial charge in [0.1, 0.15) is 18.8 Å². The second-order valence-electron chi connectivity index (χ2n) is 7.95. The fraction of sp³-hybridized carbons (Fsp3) is 0.192. The Kier molecular flexibility index (Phi) is 7.22. The van der Waals surface area contributed by atoms with Gasteiger partial charge in [-0.25, -0.2) is 4.79 Å². The third-order valence-electron chi connectivity index (χ3n) is 5.48. The van der Waals surface area contributed by atoms with Gasteiger partial charge in [0.15, 0.2) is 0 Å². The van der Waals surface area contributed by atoms with Gasteiger partial charge in [0.2, 0.25) is 11.8 Å². The van der Waals surface area contributed by atoms with Crippen LogP contribution in [0.2, 0.25) is 5.02 Å². The molecule has 1 aliphatic heterocycles. The van der Waals surface area contributed by atoms with Crippen LogP contribution in [-0.2, 0) is 9.59 Å². The average molecular weight is 493 g/mol. The van der Waals surface area contributed by atoms with Gasteiger partial charge in [-0.05, 0) is 67.9 Å². The molecule has 9 heteroatoms. The van der Waals surface area contributed by atoms with Crippen molar-refractivity contribution in [3.05, 3.63) is 77.3 Å². The summed E-state index contributed by atoms with van der Waals surface area (Å²) >= 11 is 6.14. The number of amides is 4. The topological polar surface area (TPSA) is 91.0 Å². The van der Waals surface area contributed by atoms with Crippen LogP contribution in [0.5, 0.6) is 5.75 Å². The van der Waals surface area contributed by atoms with Crippen molar-refractivity contribution in [2.24, 2.45) is 0 Å². The summed E-state index contributed by atoms with van der Waals surface area (Å²) < 4.78 is 5.42. The van der Waals surface area contributed by atoms with Crippen LogP contribution >= 0.6 is 11.6 Å². The second kappa shape index (κ2) is 10.5. The van der Waals surface area contributed by atoms with Gasteiger partial charge in [0, 0.05) is 16.4 Å². The number of halogens is 1. The molecule has 0 bridgehead atoms. The van der Waals surface area contributed by atoms with Crippen LogP contribution in [0, 0.1) is 6.92 Å². The van der Waals surface area contributed by atoms with Crippen molar-refractivity contribution in [2.75, 3.05) is 40.1 Å². The zero-order valence-electron chi connectivity index (χ0n) is 19.4. The van der Waals surface area contributed by atoms with Crippen LogP contribution in [-0.4, -0.2) is 37.5 Å². The molecule has 0 aromatic heterocycles. The number of carbonyl (C=O) groups is 3. The molecule has 4 amide bonds. The number of benzene rings is 3. The average Bonchev–Trinajstić information content (AvgIpc) is 2.84. The van der Waals surface area contributed by atoms with Gasteiger partial charge in [-0.1, -0.05) is 29.8 Å². The van der Waals surface area contributed by atoms with Crippen molar-refractivity contribution in [3.8, 4) is 5.75 Å². The van der Waals surface area contributed by atoms with Crippen LogP contribution in [0.15, 0.2) is 66.7 Å². The van der Waals surface area contributed by atoms with Crippen LogP contribution in [0.3, 0.4) is 0 Å². The van der Waals surface area contributed by atoms with Gasteiger partial charge in [-0.15, -0.1) is 0 Å². The van der Waals surface area contributed by atoms with Crippen molar-refractivity contribution in [3.63, 3.8) is 0 Å². The quantitative estimate of drug-likeness (QED) is 0.502. The number of nitrogens with one attached hydrogen (secondary N) is 2. The number of rotatable bonds is 6. The molecule has 180 valence electrons. The van der Waals surface area contributed by atoms with Gasteiger partial charge in [-0.3, -0.25) is 19.4 Å². The van der Waals surface area contributed by atoms with E-state index in [2.05, 4.69) is 10.6 Å². The maximum atomic E-state index is 13.0. The molecule has 4 rings (SSSR count). The first kappa shape index (κ1) is 24.1. The molecule has 0 atom stereocenters. The predicted molar refractivity (Wildman–Crippen MR) is 138 cm³/mol. The van der Waals surface area contributed by atoms with Gasteiger partial charge in [0.05, 0.1) is 18.0 Å². The van der Waals surface area contributed by atoms with Crippen molar-refractivity contribution in [1.29, 1.82) is 0 Å². The van der Waals surface area contributed by atoms with Gasteiger partial charge < -0.3 is 15.4 Å². The first-order valence-corrected chi connectivity index (χ1v) is 11.5. The first-order valence-electron chi connectivity index (χ1n) is 11.1. The lowest BCUT2D eigenvalue weighted by Gasteiger charge is -2.35. The van der Waals surface area contributed by atoms with Gasteiger partial charge in [0.25, 0.3) is 0 Å². The number of hydrogen-bond donors (Lipinski definition) is 2. The molecule has 1 heterocycles. The lowest BCUT2D eigenvalue weighted by molar-refractivity contribution is -0.120. The number of urea groups is 1. The number of anilines is 4. The number of carbonyl (C=O) groups excluding carboxylic acids is 3. The Morgan fingerprint density at radius 1 is 0.971 bits per heavy atom. The molecule has 0 radical (unpaired) electrons. The van der Waals surface area contributed by atoms with Crippen LogP contribution in [0.1, 0.15) is 12.5 Å². The van der Waals surface area contributed by atoms with E-state index in [1.807, 2.05) is 13.8 Å². The Morgan fingerprint density at radius 2 is 1.66 bits per heavy atom. The highest BCUT2D eigenvalue weighted by Crippen LogP contribution is 2.34. The predicted octanol–water partition coefficient (Wildman–Crippen LogP) is 5.07. The molecule has 0 aliphatic carbocycles. The summed E-state index contributed by atoms with van der Waals surface area (Å²) in [7, 11) is 0. The normalized spacial score (nSPS) is 12.7. The zero-order chi connectivity index (χ0) is 24.9. The molecule has 0 spiro atoms. The van der Waals surface area contributed by atoms with Crippen molar-refractivity contribution < 1.29 is 19.1 Å². The van der Waals surface area contributed by atoms with E-state index in [4.69, 9.17) is 16.3 Å². The van der Waals surface area contributed by atoms with E-state index in [1.54, 1.807) is 66.7 Å². The Bertz CT molecular complexity index is 1260. The summed E-state index contributed by atoms with van der Waals surface area (Å²) in [5, 5.41) is 6.12. The highest BCUT2D eigenvalue weighted by molar-refractivity contribution is 6.31. The van der Waals surface area contributed by atoms with Gasteiger partial charge >= 0.3 is 6.03 Å². The highest BCUT2D eigenvalue weighted by Gasteiger charge is 2.33. The van der Waals surface area contributed by atoms with E-state index in [1.165, 1.54) is 9.80 Å². The first-order chi connectivity index (χ1) is 16.9. The van der Waals surface area contributed by atoms with Crippen molar-refractivity contribution in [1.82, 2.24) is 0 Å². The van der Waals surface area contributed by atoms with E-state index in [0.29, 0.717) is 40.1 Å². The van der Waals surface area contributed by atoms with Crippen LogP contribution in [0.25, 0.3) is 0 Å². The van der Waals surface area contributed by atoms with Crippen molar-refractivity contribution >= 4 is 52.2 Å². The highest BCUT2D eigenvalue weighted by atomic mass is 35.5. The Balaban J connectivity index is 1.49. The number of para-hydroxylation sites is 2. The zero-order valence-corrected chi connectivity index (χ0v) is 20.1. The summed E-state index contributed by atoms with van der Waals surface area (Å²) in [6, 6.07) is 18.7. The minimum absolute atomic E-state index is 0.199. The third-order valence-corrected chi connectivity index (χ3v) is 5.88. The Hall–Kier alpha value is -4.04. The summed E-state index contributed by atoms with van der Waals surface area (Å²) in [5.41, 5.74) is 3.01. The largest absolute Gasteiger partial charge is 0.494 e. The third kappa shape index (κ3) is 5.55. The van der Waals surface area contributed by atoms with E-state index in [-0.39, 0.29) is 24.9 Å². The molecular weight excluding hydrogens is 468 g/mol. The lowest BCUT2D eigenvalue weighted by Crippen LogP contribution is -2.51. The maximum absolute atomic E-state index is 13.0. The summed E-state index contributed by atoms with van der Waals surface area (Å²) in [6.45, 7) is 3.91. The molecule has 2 N–H and O–H groups in total. The molecule has 0 fully saturated rings. The van der Waals surface area contributed by atoms with E-state index in [9.17, 15) is 14.4 Å². The maximum Gasteiger partial charge on any atom is 0.326 e. The monoisotopic (exact) mass is 492 g/mol. The minimum atomic E-state index is -0.451. The molecule has 0 unspecified atom stereocenters. The smallest absolute Gasteiger partial charge is 0.326 e. The molecular formula is C26H25ClN4O4. The Morgan fingerprint density at radius 3 is 2.34 bits per heavy atom. The minimum Gasteiger partial charge on any atom is -0.494 e. The summed E-state index contributed by atoms with van der Waals surface area (Å²) in [4.78, 5) is 41.5.